The topological polar surface area (TPSA) is 52.5 Å². The van der Waals surface area contributed by atoms with Crippen LogP contribution < -0.4 is 4.75 Å². The first-order valence-corrected chi connectivity index (χ1v) is 11.4. The summed E-state index contributed by atoms with van der Waals surface area (Å²) in [5, 5.41) is 0. The van der Waals surface area contributed by atoms with Crippen LogP contribution in [-0.4, -0.2) is 40.0 Å². The van der Waals surface area contributed by atoms with Crippen molar-refractivity contribution in [2.45, 2.75) is 0 Å². The van der Waals surface area contributed by atoms with Crippen LogP contribution in [0.5, 0.6) is 0 Å². The second kappa shape index (κ2) is 1.73. The maximum atomic E-state index is 9.02. The Balaban J connectivity index is 3.83. The van der Waals surface area contributed by atoms with Gasteiger partial charge in [-0.25, -0.2) is 0 Å². The molecule has 0 amide bonds. The van der Waals surface area contributed by atoms with E-state index in [0.29, 0.717) is 30.2 Å². The summed E-state index contributed by atoms with van der Waals surface area (Å²) in [6, 6.07) is 0. The van der Waals surface area contributed by atoms with Crippen LogP contribution in [0.3, 0.4) is 0 Å². The number of hydrogen-bond donors (Lipinski definition) is 3. The van der Waals surface area contributed by atoms with Gasteiger partial charge in [0.15, 0.2) is 0 Å². The molecule has 0 radical (unpaired) electrons. The van der Waals surface area contributed by atoms with Crippen molar-refractivity contribution in [3.05, 3.63) is 0 Å². The Bertz CT molecular complexity index is 65.5. The van der Waals surface area contributed by atoms with Crippen LogP contribution in [0.1, 0.15) is 0 Å². The zero-order valence-electron chi connectivity index (χ0n) is 4.84. The Morgan fingerprint density at radius 1 is 1.29 bits per heavy atom. The Labute approximate surface area is 51.7 Å². The molecule has 0 fully saturated rings. The number of nitrogens with one attached hydrogen (secondary N) is 1. The van der Waals surface area contributed by atoms with Crippen molar-refractivity contribution in [2.75, 3.05) is 0 Å². The van der Waals surface area contributed by atoms with E-state index in [4.69, 9.17) is 9.79 Å². The number of hydrogen-bond acceptors (Lipinski definition) is 3. The molecular formula is H12NO2PSi3. The van der Waals surface area contributed by atoms with Crippen molar-refractivity contribution in [3.8, 4) is 0 Å². The van der Waals surface area contributed by atoms with Gasteiger partial charge in [0, 0.05) is 0 Å². The van der Waals surface area contributed by atoms with Gasteiger partial charge in [-0.3, -0.25) is 0 Å². The fourth-order valence-corrected chi connectivity index (χ4v) is 0. The fraction of sp³-hybridized carbons (Fsp3) is 0. The SMILES string of the molecule is OP(O)([SiH3])([SiH3])N[SiH3]. The normalized spacial score (nSPS) is 19.4. The van der Waals surface area contributed by atoms with E-state index in [1.807, 2.05) is 0 Å². The van der Waals surface area contributed by atoms with Crippen molar-refractivity contribution in [1.29, 1.82) is 0 Å². The third-order valence-electron chi connectivity index (χ3n) is 0.647. The molecule has 0 rings (SSSR count). The monoisotopic (exact) mass is 173 g/mol. The summed E-state index contributed by atoms with van der Waals surface area (Å²) >= 11 is 0. The first kappa shape index (κ1) is 7.96. The zero-order chi connectivity index (χ0) is 6.15. The van der Waals surface area contributed by atoms with Gasteiger partial charge < -0.3 is 0 Å². The van der Waals surface area contributed by atoms with E-state index in [2.05, 4.69) is 4.75 Å². The minimum absolute atomic E-state index is 0.515. The quantitative estimate of drug-likeness (QED) is 0.278. The summed E-state index contributed by atoms with van der Waals surface area (Å²) in [5.74, 6) is 0. The van der Waals surface area contributed by atoms with Crippen LogP contribution in [0.25, 0.3) is 0 Å². The second-order valence-corrected chi connectivity index (χ2v) is 26.2. The average molecular weight is 173 g/mol. The molecule has 0 aliphatic rings. The molecule has 0 atom stereocenters. The van der Waals surface area contributed by atoms with Crippen LogP contribution in [0, 0.1) is 0 Å². The van der Waals surface area contributed by atoms with Crippen molar-refractivity contribution in [2.24, 2.45) is 0 Å². The molecule has 0 aromatic heterocycles. The fourth-order valence-electron chi connectivity index (χ4n) is 0. The van der Waals surface area contributed by atoms with Gasteiger partial charge in [0.2, 0.25) is 0 Å². The van der Waals surface area contributed by atoms with Crippen molar-refractivity contribution < 1.29 is 9.79 Å². The molecule has 0 aromatic carbocycles. The zero-order valence-corrected chi connectivity index (χ0v) is 11.7. The van der Waals surface area contributed by atoms with E-state index in [0.717, 1.165) is 0 Å². The van der Waals surface area contributed by atoms with Crippen molar-refractivity contribution in [1.82, 2.24) is 4.75 Å². The van der Waals surface area contributed by atoms with E-state index in [-0.39, 0.29) is 0 Å². The van der Waals surface area contributed by atoms with E-state index < -0.39 is 6.30 Å². The van der Waals surface area contributed by atoms with Gasteiger partial charge in [-0.05, 0) is 0 Å². The Hall–Kier alpha value is 0.961. The standard InChI is InChI=1S/H12NO2PSi3/c2-4(3,6,7)1-5/h1-3H,5-7H3. The molecule has 46 valence electrons. The maximum absolute atomic E-state index is 9.02. The molecule has 3 nitrogen and oxygen atoms in total. The molecule has 0 saturated heterocycles. The van der Waals surface area contributed by atoms with Crippen LogP contribution >= 0.6 is 6.30 Å². The predicted molar refractivity (Wildman–Crippen MR) is 44.3 cm³/mol. The van der Waals surface area contributed by atoms with Gasteiger partial charge in [0.05, 0.1) is 0 Å². The summed E-state index contributed by atoms with van der Waals surface area (Å²) in [4.78, 5) is 18.0. The predicted octanol–water partition coefficient (Wildman–Crippen LogP) is -4.30. The molecular weight excluding hydrogens is 161 g/mol. The van der Waals surface area contributed by atoms with E-state index in [9.17, 15) is 0 Å². The third kappa shape index (κ3) is 6.96. The van der Waals surface area contributed by atoms with E-state index >= 15 is 0 Å². The minimum atomic E-state index is -2.99. The van der Waals surface area contributed by atoms with Gasteiger partial charge in [-0.1, -0.05) is 0 Å². The molecule has 7 heavy (non-hydrogen) atoms. The van der Waals surface area contributed by atoms with Gasteiger partial charge in [-0.15, -0.1) is 0 Å². The molecule has 0 aliphatic carbocycles. The molecule has 0 heterocycles. The van der Waals surface area contributed by atoms with Gasteiger partial charge >= 0.3 is 51.1 Å². The average Bonchev–Trinajstić information content (AvgIpc) is 1.32. The molecule has 3 N–H and O–H groups in total. The first-order valence-electron chi connectivity index (χ1n) is 2.02. The molecule has 0 aromatic rings. The summed E-state index contributed by atoms with van der Waals surface area (Å²) in [6.07, 6.45) is -2.99. The van der Waals surface area contributed by atoms with Gasteiger partial charge in [0.25, 0.3) is 0 Å². The molecule has 0 aliphatic heterocycles. The molecule has 7 heteroatoms. The Morgan fingerprint density at radius 2 is 1.43 bits per heavy atom. The molecule has 0 bridgehead atoms. The molecule has 0 spiro atoms. The third-order valence-corrected chi connectivity index (χ3v) is 13.9. The van der Waals surface area contributed by atoms with Crippen LogP contribution in [0.4, 0.5) is 0 Å². The van der Waals surface area contributed by atoms with Crippen LogP contribution in [0.2, 0.25) is 0 Å². The van der Waals surface area contributed by atoms with Crippen LogP contribution in [0.15, 0.2) is 0 Å². The van der Waals surface area contributed by atoms with E-state index in [1.165, 1.54) is 0 Å². The molecule has 0 unspecified atom stereocenters. The Morgan fingerprint density at radius 3 is 1.43 bits per heavy atom. The van der Waals surface area contributed by atoms with Crippen LogP contribution in [-0.2, 0) is 0 Å². The van der Waals surface area contributed by atoms with Gasteiger partial charge in [0.1, 0.15) is 0 Å². The molecule has 0 saturated carbocycles. The Kier molecular flexibility index (Phi) is 1.97. The summed E-state index contributed by atoms with van der Waals surface area (Å²) in [7, 11) is 1.73. The summed E-state index contributed by atoms with van der Waals surface area (Å²) < 4.78 is 2.68. The van der Waals surface area contributed by atoms with Crippen molar-refractivity contribution >= 4 is 36.5 Å². The van der Waals surface area contributed by atoms with Gasteiger partial charge in [-0.2, -0.15) is 0 Å². The van der Waals surface area contributed by atoms with Crippen molar-refractivity contribution in [3.63, 3.8) is 0 Å². The summed E-state index contributed by atoms with van der Waals surface area (Å²) in [5.41, 5.74) is 0. The van der Waals surface area contributed by atoms with E-state index in [1.54, 1.807) is 0 Å². The summed E-state index contributed by atoms with van der Waals surface area (Å²) in [6.45, 7) is 0. The number of rotatable bonds is 1. The first-order chi connectivity index (χ1) is 2.81. The second-order valence-electron chi connectivity index (χ2n) is 2.21.